The number of benzene rings is 1. The number of aliphatic hydroxyl groups is 1. The number of imidazole rings is 1. The summed E-state index contributed by atoms with van der Waals surface area (Å²) in [6, 6.07) is 3.54. The number of aryl methyl sites for hydroxylation is 1. The lowest BCUT2D eigenvalue weighted by Crippen LogP contribution is -2.48. The summed E-state index contributed by atoms with van der Waals surface area (Å²) in [5.74, 6) is -0.185. The van der Waals surface area contributed by atoms with Crippen LogP contribution >= 0.6 is 11.3 Å². The van der Waals surface area contributed by atoms with E-state index in [4.69, 9.17) is 10.5 Å². The van der Waals surface area contributed by atoms with Gasteiger partial charge >= 0.3 is 0 Å². The minimum Gasteiger partial charge on any atom is -0.493 e. The molecule has 3 N–H and O–H groups in total. The Morgan fingerprint density at radius 2 is 2.11 bits per heavy atom. The molecule has 4 rings (SSSR count). The molecule has 1 aliphatic heterocycles. The second kappa shape index (κ2) is 6.74. The van der Waals surface area contributed by atoms with Gasteiger partial charge in [0.2, 0.25) is 10.1 Å². The molecule has 0 atom stereocenters. The van der Waals surface area contributed by atoms with Gasteiger partial charge in [0, 0.05) is 25.2 Å². The van der Waals surface area contributed by atoms with Crippen molar-refractivity contribution in [2.75, 3.05) is 31.6 Å². The molecule has 27 heavy (non-hydrogen) atoms. The zero-order chi connectivity index (χ0) is 19.2. The number of hydrogen-bond acceptors (Lipinski definition) is 7. The van der Waals surface area contributed by atoms with Gasteiger partial charge in [-0.15, -0.1) is 5.10 Å². The van der Waals surface area contributed by atoms with E-state index in [1.165, 1.54) is 18.4 Å². The average molecular weight is 391 g/mol. The second-order valence-corrected chi connectivity index (χ2v) is 7.85. The van der Waals surface area contributed by atoms with Crippen molar-refractivity contribution in [3.05, 3.63) is 29.7 Å². The molecule has 9 heteroatoms. The van der Waals surface area contributed by atoms with E-state index in [0.717, 1.165) is 10.1 Å². The van der Waals surface area contributed by atoms with Crippen molar-refractivity contribution in [2.24, 2.45) is 5.73 Å². The van der Waals surface area contributed by atoms with E-state index in [1.54, 1.807) is 23.7 Å². The molecule has 0 spiro atoms. The van der Waals surface area contributed by atoms with Crippen molar-refractivity contribution in [1.29, 1.82) is 0 Å². The standard InChI is InChI=1S/C18H22FN5O2S/c1-11-3-4-12(15(26-2)14(11)19)13-9-21-16-24(13)22-17(27-16)23-7-5-18(25,10-20)6-8-23/h3-4,9,25H,5-8,10,20H2,1-2H3. The molecular formula is C18H22FN5O2S. The normalized spacial score (nSPS) is 16.9. The minimum atomic E-state index is -0.786. The Hall–Kier alpha value is -2.23. The second-order valence-electron chi connectivity index (χ2n) is 6.92. The van der Waals surface area contributed by atoms with Gasteiger partial charge < -0.3 is 20.5 Å². The first kappa shape index (κ1) is 18.1. The number of fused-ring (bicyclic) bond motifs is 1. The van der Waals surface area contributed by atoms with E-state index in [0.29, 0.717) is 42.8 Å². The van der Waals surface area contributed by atoms with Crippen LogP contribution in [0.4, 0.5) is 9.52 Å². The Kier molecular flexibility index (Phi) is 4.53. The monoisotopic (exact) mass is 391 g/mol. The van der Waals surface area contributed by atoms with Gasteiger partial charge in [-0.25, -0.2) is 13.9 Å². The third-order valence-corrected chi connectivity index (χ3v) is 6.17. The summed E-state index contributed by atoms with van der Waals surface area (Å²) in [6.45, 7) is 3.34. The number of nitrogens with zero attached hydrogens (tertiary/aromatic N) is 4. The lowest BCUT2D eigenvalue weighted by Gasteiger charge is -2.37. The highest BCUT2D eigenvalue weighted by atomic mass is 32.1. The van der Waals surface area contributed by atoms with Crippen LogP contribution in [-0.4, -0.2) is 52.0 Å². The van der Waals surface area contributed by atoms with Crippen LogP contribution in [0.1, 0.15) is 18.4 Å². The maximum Gasteiger partial charge on any atom is 0.214 e. The van der Waals surface area contributed by atoms with E-state index < -0.39 is 5.60 Å². The maximum atomic E-state index is 14.4. The molecular weight excluding hydrogens is 369 g/mol. The summed E-state index contributed by atoms with van der Waals surface area (Å²) in [6.07, 6.45) is 2.89. The number of rotatable bonds is 4. The van der Waals surface area contributed by atoms with Crippen molar-refractivity contribution in [3.8, 4) is 17.0 Å². The van der Waals surface area contributed by atoms with Crippen molar-refractivity contribution in [1.82, 2.24) is 14.6 Å². The highest BCUT2D eigenvalue weighted by molar-refractivity contribution is 7.20. The largest absolute Gasteiger partial charge is 0.493 e. The fourth-order valence-electron chi connectivity index (χ4n) is 3.37. The van der Waals surface area contributed by atoms with Gasteiger partial charge in [0.25, 0.3) is 0 Å². The molecule has 0 bridgehead atoms. The first-order valence-electron chi connectivity index (χ1n) is 8.81. The average Bonchev–Trinajstić information content (AvgIpc) is 3.25. The predicted octanol–water partition coefficient (Wildman–Crippen LogP) is 2.20. The van der Waals surface area contributed by atoms with Crippen LogP contribution in [-0.2, 0) is 0 Å². The maximum absolute atomic E-state index is 14.4. The van der Waals surface area contributed by atoms with E-state index in [1.807, 2.05) is 6.07 Å². The van der Waals surface area contributed by atoms with Crippen LogP contribution in [0.5, 0.6) is 5.75 Å². The van der Waals surface area contributed by atoms with Crippen LogP contribution in [0, 0.1) is 12.7 Å². The van der Waals surface area contributed by atoms with Gasteiger partial charge in [-0.3, -0.25) is 0 Å². The van der Waals surface area contributed by atoms with Gasteiger partial charge in [-0.2, -0.15) is 0 Å². The van der Waals surface area contributed by atoms with Crippen LogP contribution in [0.2, 0.25) is 0 Å². The third-order valence-electron chi connectivity index (χ3n) is 5.19. The minimum absolute atomic E-state index is 0.192. The van der Waals surface area contributed by atoms with Crippen LogP contribution in [0.3, 0.4) is 0 Å². The Morgan fingerprint density at radius 1 is 1.37 bits per heavy atom. The van der Waals surface area contributed by atoms with Crippen molar-refractivity contribution in [3.63, 3.8) is 0 Å². The Balaban J connectivity index is 1.69. The summed E-state index contributed by atoms with van der Waals surface area (Å²) in [5.41, 5.74) is 6.69. The van der Waals surface area contributed by atoms with Crippen LogP contribution in [0.25, 0.3) is 16.2 Å². The zero-order valence-electron chi connectivity index (χ0n) is 15.3. The van der Waals surface area contributed by atoms with Gasteiger partial charge in [-0.1, -0.05) is 17.4 Å². The number of ether oxygens (including phenoxy) is 1. The SMILES string of the molecule is COc1c(-c2cnc3sc(N4CCC(O)(CN)CC4)nn23)ccc(C)c1F. The van der Waals surface area contributed by atoms with Crippen molar-refractivity contribution in [2.45, 2.75) is 25.4 Å². The number of nitrogens with two attached hydrogens (primary N) is 1. The molecule has 0 unspecified atom stereocenters. The van der Waals surface area contributed by atoms with Gasteiger partial charge in [0.05, 0.1) is 24.6 Å². The number of piperidine rings is 1. The molecule has 0 amide bonds. The molecule has 3 heterocycles. The summed E-state index contributed by atoms with van der Waals surface area (Å²) in [5, 5.41) is 15.8. The lowest BCUT2D eigenvalue weighted by molar-refractivity contribution is 0.0249. The lowest BCUT2D eigenvalue weighted by atomic mass is 9.92. The number of anilines is 1. The first-order chi connectivity index (χ1) is 13.0. The predicted molar refractivity (Wildman–Crippen MR) is 103 cm³/mol. The first-order valence-corrected chi connectivity index (χ1v) is 9.63. The number of halogens is 1. The van der Waals surface area contributed by atoms with E-state index in [9.17, 15) is 9.50 Å². The Morgan fingerprint density at radius 3 is 2.78 bits per heavy atom. The number of methoxy groups -OCH3 is 1. The molecule has 7 nitrogen and oxygen atoms in total. The molecule has 1 aromatic carbocycles. The highest BCUT2D eigenvalue weighted by Crippen LogP contribution is 2.36. The highest BCUT2D eigenvalue weighted by Gasteiger charge is 2.32. The molecule has 2 aromatic heterocycles. The van der Waals surface area contributed by atoms with Crippen LogP contribution in [0.15, 0.2) is 18.3 Å². The van der Waals surface area contributed by atoms with E-state index >= 15 is 0 Å². The Labute approximate surface area is 160 Å². The Bertz CT molecular complexity index is 978. The smallest absolute Gasteiger partial charge is 0.214 e. The molecule has 0 aliphatic carbocycles. The fourth-order valence-corrected chi connectivity index (χ4v) is 4.30. The summed E-state index contributed by atoms with van der Waals surface area (Å²) in [7, 11) is 1.46. The van der Waals surface area contributed by atoms with Crippen molar-refractivity contribution < 1.29 is 14.2 Å². The molecule has 144 valence electrons. The summed E-state index contributed by atoms with van der Waals surface area (Å²) < 4.78 is 21.5. The fraction of sp³-hybridized carbons (Fsp3) is 0.444. The van der Waals surface area contributed by atoms with Gasteiger partial charge in [0.15, 0.2) is 11.6 Å². The molecule has 1 aliphatic rings. The van der Waals surface area contributed by atoms with E-state index in [-0.39, 0.29) is 18.1 Å². The van der Waals surface area contributed by atoms with E-state index in [2.05, 4.69) is 15.0 Å². The quantitative estimate of drug-likeness (QED) is 0.709. The van der Waals surface area contributed by atoms with Gasteiger partial charge in [-0.05, 0) is 31.4 Å². The molecule has 3 aromatic rings. The zero-order valence-corrected chi connectivity index (χ0v) is 16.1. The summed E-state index contributed by atoms with van der Waals surface area (Å²) in [4.78, 5) is 7.28. The van der Waals surface area contributed by atoms with Crippen LogP contribution < -0.4 is 15.4 Å². The number of hydrogen-bond donors (Lipinski definition) is 2. The molecule has 0 saturated carbocycles. The third kappa shape index (κ3) is 3.05. The topological polar surface area (TPSA) is 88.9 Å². The molecule has 1 fully saturated rings. The van der Waals surface area contributed by atoms with Gasteiger partial charge in [0.1, 0.15) is 0 Å². The molecule has 0 radical (unpaired) electrons. The number of aromatic nitrogens is 3. The van der Waals surface area contributed by atoms with Crippen molar-refractivity contribution >= 4 is 21.4 Å². The summed E-state index contributed by atoms with van der Waals surface area (Å²) >= 11 is 1.47. The molecule has 1 saturated heterocycles.